The van der Waals surface area contributed by atoms with Crippen molar-refractivity contribution in [1.82, 2.24) is 0 Å². The van der Waals surface area contributed by atoms with Gasteiger partial charge in [-0.3, -0.25) is 14.7 Å². The second-order valence-electron chi connectivity index (χ2n) is 3.51. The highest BCUT2D eigenvalue weighted by Gasteiger charge is 2.20. The van der Waals surface area contributed by atoms with Crippen molar-refractivity contribution < 1.29 is 18.5 Å². The van der Waals surface area contributed by atoms with Gasteiger partial charge in [-0.1, -0.05) is 12.1 Å². The van der Waals surface area contributed by atoms with Crippen LogP contribution in [0.5, 0.6) is 0 Å². The molecular weight excluding hydrogens is 269 g/mol. The van der Waals surface area contributed by atoms with Crippen LogP contribution in [0.2, 0.25) is 0 Å². The molecule has 0 aliphatic heterocycles. The van der Waals surface area contributed by atoms with Crippen molar-refractivity contribution in [3.63, 3.8) is 0 Å². The van der Waals surface area contributed by atoms with Crippen LogP contribution >= 0.6 is 7.60 Å². The molecule has 104 valence electrons. The van der Waals surface area contributed by atoms with E-state index in [-0.39, 0.29) is 18.9 Å². The van der Waals surface area contributed by atoms with Crippen molar-refractivity contribution >= 4 is 19.4 Å². The van der Waals surface area contributed by atoms with Gasteiger partial charge in [0.1, 0.15) is 0 Å². The molecule has 0 N–H and O–H groups in total. The van der Waals surface area contributed by atoms with E-state index in [0.29, 0.717) is 5.56 Å². The van der Waals surface area contributed by atoms with Crippen LogP contribution in [0.25, 0.3) is 6.08 Å². The van der Waals surface area contributed by atoms with Crippen molar-refractivity contribution in [2.75, 3.05) is 13.2 Å². The Labute approximate surface area is 111 Å². The van der Waals surface area contributed by atoms with Crippen molar-refractivity contribution in [2.24, 2.45) is 0 Å². The molecule has 19 heavy (non-hydrogen) atoms. The second kappa shape index (κ2) is 7.19. The molecule has 0 saturated heterocycles. The Morgan fingerprint density at radius 3 is 2.37 bits per heavy atom. The molecule has 0 bridgehead atoms. The highest BCUT2D eigenvalue weighted by Crippen LogP contribution is 2.50. The lowest BCUT2D eigenvalue weighted by Gasteiger charge is -2.12. The van der Waals surface area contributed by atoms with Crippen LogP contribution < -0.4 is 0 Å². The third-order valence-corrected chi connectivity index (χ3v) is 3.94. The Morgan fingerprint density at radius 1 is 1.26 bits per heavy atom. The molecule has 1 rings (SSSR count). The van der Waals surface area contributed by atoms with Gasteiger partial charge in [-0.25, -0.2) is 0 Å². The van der Waals surface area contributed by atoms with Gasteiger partial charge in [0.15, 0.2) is 0 Å². The summed E-state index contributed by atoms with van der Waals surface area (Å²) < 4.78 is 22.3. The van der Waals surface area contributed by atoms with Crippen molar-refractivity contribution in [3.8, 4) is 0 Å². The van der Waals surface area contributed by atoms with Gasteiger partial charge in [0.05, 0.1) is 23.7 Å². The first-order valence-corrected chi connectivity index (χ1v) is 7.45. The molecule has 0 aliphatic carbocycles. The number of nitro benzene ring substituents is 1. The maximum absolute atomic E-state index is 12.2. The van der Waals surface area contributed by atoms with Gasteiger partial charge < -0.3 is 9.05 Å². The van der Waals surface area contributed by atoms with Crippen LogP contribution in [0.4, 0.5) is 5.69 Å². The quantitative estimate of drug-likeness (QED) is 0.432. The number of nitro groups is 1. The zero-order valence-electron chi connectivity index (χ0n) is 10.8. The number of hydrogen-bond donors (Lipinski definition) is 0. The molecule has 0 amide bonds. The number of benzene rings is 1. The fourth-order valence-electron chi connectivity index (χ4n) is 1.45. The number of nitrogens with zero attached hydrogens (tertiary/aromatic N) is 1. The Hall–Kier alpha value is -1.49. The lowest BCUT2D eigenvalue weighted by molar-refractivity contribution is -0.385. The molecule has 0 radical (unpaired) electrons. The molecule has 0 heterocycles. The molecular formula is C12H16NO5P. The van der Waals surface area contributed by atoms with Crippen LogP contribution in [-0.2, 0) is 13.6 Å². The van der Waals surface area contributed by atoms with E-state index in [1.54, 1.807) is 32.0 Å². The maximum Gasteiger partial charge on any atom is 0.354 e. The minimum atomic E-state index is -3.34. The summed E-state index contributed by atoms with van der Waals surface area (Å²) in [5, 5.41) is 10.8. The summed E-state index contributed by atoms with van der Waals surface area (Å²) in [6, 6.07) is 6.18. The summed E-state index contributed by atoms with van der Waals surface area (Å²) in [5.74, 6) is 1.25. The standard InChI is InChI=1S/C12H16NO5P/c1-3-17-19(16,18-4-2)10-9-11-7-5-6-8-12(11)13(14)15/h5-10H,3-4H2,1-2H3/b10-9+. The van der Waals surface area contributed by atoms with E-state index >= 15 is 0 Å². The van der Waals surface area contributed by atoms with E-state index < -0.39 is 12.5 Å². The summed E-state index contributed by atoms with van der Waals surface area (Å²) in [5.41, 5.74) is 0.297. The van der Waals surface area contributed by atoms with Crippen molar-refractivity contribution in [2.45, 2.75) is 13.8 Å². The highest BCUT2D eigenvalue weighted by molar-refractivity contribution is 7.57. The van der Waals surface area contributed by atoms with Crippen LogP contribution in [-0.4, -0.2) is 18.1 Å². The van der Waals surface area contributed by atoms with E-state index in [4.69, 9.17) is 9.05 Å². The van der Waals surface area contributed by atoms with Gasteiger partial charge in [-0.2, -0.15) is 0 Å². The van der Waals surface area contributed by atoms with Crippen LogP contribution in [0.1, 0.15) is 19.4 Å². The Balaban J connectivity index is 3.03. The summed E-state index contributed by atoms with van der Waals surface area (Å²) in [6.07, 6.45) is 1.39. The molecule has 0 aromatic heterocycles. The van der Waals surface area contributed by atoms with E-state index in [2.05, 4.69) is 0 Å². The predicted octanol–water partition coefficient (Wildman–Crippen LogP) is 3.83. The van der Waals surface area contributed by atoms with E-state index in [9.17, 15) is 14.7 Å². The topological polar surface area (TPSA) is 78.7 Å². The van der Waals surface area contributed by atoms with E-state index in [1.165, 1.54) is 18.0 Å². The number of hydrogen-bond acceptors (Lipinski definition) is 5. The molecule has 0 fully saturated rings. The third kappa shape index (κ3) is 4.59. The monoisotopic (exact) mass is 285 g/mol. The van der Waals surface area contributed by atoms with Crippen molar-refractivity contribution in [1.29, 1.82) is 0 Å². The zero-order chi connectivity index (χ0) is 14.3. The first-order chi connectivity index (χ1) is 9.02. The highest BCUT2D eigenvalue weighted by atomic mass is 31.2. The average molecular weight is 285 g/mol. The Morgan fingerprint density at radius 2 is 1.84 bits per heavy atom. The molecule has 7 heteroatoms. The van der Waals surface area contributed by atoms with Gasteiger partial charge >= 0.3 is 7.60 Å². The zero-order valence-corrected chi connectivity index (χ0v) is 11.7. The average Bonchev–Trinajstić information content (AvgIpc) is 2.37. The first-order valence-electron chi connectivity index (χ1n) is 5.84. The van der Waals surface area contributed by atoms with Gasteiger partial charge in [0.2, 0.25) is 0 Å². The van der Waals surface area contributed by atoms with Gasteiger partial charge in [0.25, 0.3) is 5.69 Å². The molecule has 0 saturated carbocycles. The van der Waals surface area contributed by atoms with Crippen LogP contribution in [0.3, 0.4) is 0 Å². The largest absolute Gasteiger partial charge is 0.354 e. The van der Waals surface area contributed by atoms with Crippen LogP contribution in [0.15, 0.2) is 30.1 Å². The molecule has 6 nitrogen and oxygen atoms in total. The fourth-order valence-corrected chi connectivity index (χ4v) is 2.76. The number of para-hydroxylation sites is 1. The molecule has 1 aromatic rings. The maximum atomic E-state index is 12.2. The van der Waals surface area contributed by atoms with Crippen LogP contribution in [0, 0.1) is 10.1 Å². The third-order valence-electron chi connectivity index (χ3n) is 2.19. The first kappa shape index (κ1) is 15.6. The summed E-state index contributed by atoms with van der Waals surface area (Å²) in [6.45, 7) is 3.87. The normalized spacial score (nSPS) is 11.9. The second-order valence-corrected chi connectivity index (χ2v) is 5.40. The van der Waals surface area contributed by atoms with Crippen molar-refractivity contribution in [3.05, 3.63) is 45.8 Å². The Kier molecular flexibility index (Phi) is 5.89. The predicted molar refractivity (Wildman–Crippen MR) is 73.0 cm³/mol. The Bertz CT molecular complexity index is 505. The lowest BCUT2D eigenvalue weighted by atomic mass is 10.2. The fraction of sp³-hybridized carbons (Fsp3) is 0.333. The van der Waals surface area contributed by atoms with Gasteiger partial charge in [0, 0.05) is 11.9 Å². The molecule has 0 spiro atoms. The SMILES string of the molecule is CCOP(=O)(/C=C/c1ccccc1[N+](=O)[O-])OCC. The van der Waals surface area contributed by atoms with Gasteiger partial charge in [-0.15, -0.1) is 0 Å². The summed E-state index contributed by atoms with van der Waals surface area (Å²) >= 11 is 0. The molecule has 0 aliphatic rings. The smallest absolute Gasteiger partial charge is 0.306 e. The minimum Gasteiger partial charge on any atom is -0.306 e. The minimum absolute atomic E-state index is 0.0571. The lowest BCUT2D eigenvalue weighted by Crippen LogP contribution is -1.93. The summed E-state index contributed by atoms with van der Waals surface area (Å²) in [4.78, 5) is 10.3. The summed E-state index contributed by atoms with van der Waals surface area (Å²) in [7, 11) is -3.34. The van der Waals surface area contributed by atoms with Gasteiger partial charge in [-0.05, 0) is 26.0 Å². The van der Waals surface area contributed by atoms with E-state index in [1.807, 2.05) is 0 Å². The molecule has 1 aromatic carbocycles. The van der Waals surface area contributed by atoms with E-state index in [0.717, 1.165) is 0 Å². The number of rotatable bonds is 7. The molecule has 0 atom stereocenters. The molecule has 0 unspecified atom stereocenters.